The van der Waals surface area contributed by atoms with E-state index in [0.29, 0.717) is 0 Å². The molecule has 0 aromatic rings. The molecule has 0 spiro atoms. The highest BCUT2D eigenvalue weighted by atomic mass is 32.2. The average molecular weight is 157 g/mol. The zero-order valence-electron chi connectivity index (χ0n) is 6.86. The minimum atomic E-state index is 1.34. The van der Waals surface area contributed by atoms with Crippen molar-refractivity contribution >= 4 is 11.8 Å². The second-order valence-corrected chi connectivity index (χ2v) is 4.04. The van der Waals surface area contributed by atoms with Gasteiger partial charge in [0, 0.05) is 0 Å². The highest BCUT2D eigenvalue weighted by Gasteiger charge is 2.12. The van der Waals surface area contributed by atoms with Crippen molar-refractivity contribution in [1.29, 1.82) is 0 Å². The fourth-order valence-electron chi connectivity index (χ4n) is 1.55. The molecule has 0 aliphatic heterocycles. The van der Waals surface area contributed by atoms with E-state index in [-0.39, 0.29) is 0 Å². The summed E-state index contributed by atoms with van der Waals surface area (Å²) in [5, 5.41) is 0. The van der Waals surface area contributed by atoms with Crippen LogP contribution in [-0.4, -0.2) is 12.0 Å². The lowest BCUT2D eigenvalue weighted by Crippen LogP contribution is -2.04. The average Bonchev–Trinajstić information content (AvgIpc) is 2.03. The lowest BCUT2D eigenvalue weighted by atomic mass is 9.88. The van der Waals surface area contributed by atoms with E-state index < -0.39 is 0 Å². The van der Waals surface area contributed by atoms with Crippen LogP contribution in [0, 0.1) is 5.92 Å². The van der Waals surface area contributed by atoms with E-state index in [1.165, 1.54) is 44.3 Å². The summed E-state index contributed by atoms with van der Waals surface area (Å²) in [7, 11) is 0. The summed E-state index contributed by atoms with van der Waals surface area (Å²) in [4.78, 5) is 0. The lowest BCUT2D eigenvalue weighted by Gasteiger charge is -2.19. The topological polar surface area (TPSA) is 0 Å². The van der Waals surface area contributed by atoms with Crippen molar-refractivity contribution in [3.63, 3.8) is 0 Å². The van der Waals surface area contributed by atoms with Crippen molar-refractivity contribution in [3.05, 3.63) is 5.92 Å². The Balaban J connectivity index is 2.02. The number of thioether (sulfide) groups is 1. The third-order valence-corrected chi connectivity index (χ3v) is 2.83. The second kappa shape index (κ2) is 5.06. The largest absolute Gasteiger partial charge is 0.165 e. The molecular formula is C9H17S. The molecule has 0 N–H and O–H groups in total. The van der Waals surface area contributed by atoms with Gasteiger partial charge in [-0.1, -0.05) is 19.3 Å². The summed E-state index contributed by atoms with van der Waals surface area (Å²) in [6, 6.07) is 0. The predicted molar refractivity (Wildman–Crippen MR) is 49.3 cm³/mol. The maximum absolute atomic E-state index is 2.20. The Hall–Kier alpha value is 0.350. The molecule has 1 aliphatic rings. The van der Waals surface area contributed by atoms with Crippen molar-refractivity contribution in [2.75, 3.05) is 12.0 Å². The van der Waals surface area contributed by atoms with Gasteiger partial charge in [0.15, 0.2) is 0 Å². The maximum atomic E-state index is 2.20. The Kier molecular flexibility index (Phi) is 4.27. The molecule has 0 atom stereocenters. The van der Waals surface area contributed by atoms with Crippen LogP contribution in [0.4, 0.5) is 0 Å². The van der Waals surface area contributed by atoms with Gasteiger partial charge in [0.1, 0.15) is 0 Å². The monoisotopic (exact) mass is 157 g/mol. The molecular weight excluding hydrogens is 140 g/mol. The Labute approximate surface area is 68.8 Å². The molecule has 0 nitrogen and oxygen atoms in total. The van der Waals surface area contributed by atoms with Gasteiger partial charge in [0.2, 0.25) is 0 Å². The maximum Gasteiger partial charge on any atom is -0.00648 e. The molecule has 0 bridgehead atoms. The van der Waals surface area contributed by atoms with E-state index in [4.69, 9.17) is 0 Å². The first-order valence-corrected chi connectivity index (χ1v) is 5.65. The van der Waals surface area contributed by atoms with E-state index in [9.17, 15) is 0 Å². The van der Waals surface area contributed by atoms with Crippen molar-refractivity contribution in [2.45, 2.75) is 38.5 Å². The first-order valence-electron chi connectivity index (χ1n) is 4.26. The van der Waals surface area contributed by atoms with E-state index in [2.05, 4.69) is 6.26 Å². The predicted octanol–water partition coefficient (Wildman–Crippen LogP) is 3.28. The van der Waals surface area contributed by atoms with Gasteiger partial charge >= 0.3 is 0 Å². The zero-order valence-corrected chi connectivity index (χ0v) is 7.67. The quantitative estimate of drug-likeness (QED) is 0.606. The Morgan fingerprint density at radius 2 is 1.90 bits per heavy atom. The second-order valence-electron chi connectivity index (χ2n) is 3.05. The molecule has 1 rings (SSSR count). The molecule has 0 saturated heterocycles. The van der Waals surface area contributed by atoms with Gasteiger partial charge in [-0.3, -0.25) is 0 Å². The van der Waals surface area contributed by atoms with Gasteiger partial charge in [0.05, 0.1) is 0 Å². The van der Waals surface area contributed by atoms with Crippen molar-refractivity contribution in [1.82, 2.24) is 0 Å². The molecule has 1 radical (unpaired) electrons. The van der Waals surface area contributed by atoms with E-state index in [0.717, 1.165) is 0 Å². The Bertz CT molecular complexity index is 74.8. The molecule has 1 fully saturated rings. The highest BCUT2D eigenvalue weighted by Crippen LogP contribution is 2.28. The summed E-state index contributed by atoms with van der Waals surface area (Å²) >= 11 is 1.97. The summed E-state index contributed by atoms with van der Waals surface area (Å²) in [5.41, 5.74) is 0. The van der Waals surface area contributed by atoms with Crippen LogP contribution in [0.25, 0.3) is 0 Å². The SMILES string of the molecule is CSCC[C]1CCCCC1. The number of hydrogen-bond donors (Lipinski definition) is 0. The van der Waals surface area contributed by atoms with Gasteiger partial charge in [-0.2, -0.15) is 11.8 Å². The fraction of sp³-hybridized carbons (Fsp3) is 0.889. The fourth-order valence-corrected chi connectivity index (χ4v) is 2.04. The minimum absolute atomic E-state index is 1.34. The van der Waals surface area contributed by atoms with Crippen LogP contribution >= 0.6 is 11.8 Å². The highest BCUT2D eigenvalue weighted by molar-refractivity contribution is 7.98. The molecule has 59 valence electrons. The summed E-state index contributed by atoms with van der Waals surface area (Å²) in [5.74, 6) is 3.18. The lowest BCUT2D eigenvalue weighted by molar-refractivity contribution is 0.516. The molecule has 1 aliphatic carbocycles. The zero-order chi connectivity index (χ0) is 7.23. The number of hydrogen-bond acceptors (Lipinski definition) is 1. The first-order chi connectivity index (χ1) is 4.93. The third kappa shape index (κ3) is 2.96. The van der Waals surface area contributed by atoms with E-state index in [1.54, 1.807) is 0 Å². The molecule has 1 saturated carbocycles. The first kappa shape index (κ1) is 8.45. The summed E-state index contributed by atoms with van der Waals surface area (Å²) in [6.07, 6.45) is 10.8. The van der Waals surface area contributed by atoms with Crippen LogP contribution in [0.2, 0.25) is 0 Å². The standard InChI is InChI=1S/C9H17S/c1-10-8-7-9-5-3-2-4-6-9/h2-8H2,1H3. The van der Waals surface area contributed by atoms with Crippen LogP contribution in [-0.2, 0) is 0 Å². The summed E-state index contributed by atoms with van der Waals surface area (Å²) in [6.45, 7) is 0. The molecule has 0 aromatic carbocycles. The third-order valence-electron chi connectivity index (χ3n) is 2.22. The minimum Gasteiger partial charge on any atom is -0.165 e. The van der Waals surface area contributed by atoms with Crippen LogP contribution in [0.1, 0.15) is 38.5 Å². The van der Waals surface area contributed by atoms with Gasteiger partial charge in [-0.15, -0.1) is 0 Å². The van der Waals surface area contributed by atoms with E-state index >= 15 is 0 Å². The molecule has 0 unspecified atom stereocenters. The van der Waals surface area contributed by atoms with Crippen LogP contribution < -0.4 is 0 Å². The molecule has 1 heteroatoms. The Morgan fingerprint density at radius 3 is 2.50 bits per heavy atom. The summed E-state index contributed by atoms with van der Waals surface area (Å²) < 4.78 is 0. The smallest absolute Gasteiger partial charge is 0.00648 e. The normalized spacial score (nSPS) is 21.3. The van der Waals surface area contributed by atoms with Crippen LogP contribution in [0.3, 0.4) is 0 Å². The van der Waals surface area contributed by atoms with Crippen molar-refractivity contribution in [3.8, 4) is 0 Å². The number of rotatable bonds is 3. The van der Waals surface area contributed by atoms with Crippen molar-refractivity contribution in [2.24, 2.45) is 0 Å². The van der Waals surface area contributed by atoms with Gasteiger partial charge in [0.25, 0.3) is 0 Å². The Morgan fingerprint density at radius 1 is 1.20 bits per heavy atom. The molecule has 10 heavy (non-hydrogen) atoms. The van der Waals surface area contributed by atoms with Crippen LogP contribution in [0.15, 0.2) is 0 Å². The van der Waals surface area contributed by atoms with Crippen LogP contribution in [0.5, 0.6) is 0 Å². The molecule has 0 heterocycles. The molecule has 0 aromatic heterocycles. The van der Waals surface area contributed by atoms with Gasteiger partial charge in [-0.25, -0.2) is 0 Å². The van der Waals surface area contributed by atoms with Gasteiger partial charge < -0.3 is 0 Å². The van der Waals surface area contributed by atoms with Crippen molar-refractivity contribution < 1.29 is 0 Å². The van der Waals surface area contributed by atoms with E-state index in [1.807, 2.05) is 17.7 Å². The van der Waals surface area contributed by atoms with Gasteiger partial charge in [-0.05, 0) is 37.2 Å². The molecule has 0 amide bonds.